The SMILES string of the molecule is CC(=O)OCC=C(C)CCC1=NCCCC1. The molecule has 0 fully saturated rings. The van der Waals surface area contributed by atoms with Gasteiger partial charge >= 0.3 is 5.97 Å². The van der Waals surface area contributed by atoms with Crippen molar-refractivity contribution in [1.82, 2.24) is 0 Å². The van der Waals surface area contributed by atoms with E-state index in [1.54, 1.807) is 0 Å². The Labute approximate surface area is 97.6 Å². The Hall–Kier alpha value is -1.12. The number of ether oxygens (including phenoxy) is 1. The highest BCUT2D eigenvalue weighted by molar-refractivity contribution is 5.85. The fourth-order valence-corrected chi connectivity index (χ4v) is 1.71. The van der Waals surface area contributed by atoms with E-state index in [0.717, 1.165) is 25.8 Å². The number of esters is 1. The lowest BCUT2D eigenvalue weighted by Gasteiger charge is -2.11. The molecule has 0 aromatic carbocycles. The van der Waals surface area contributed by atoms with E-state index >= 15 is 0 Å². The molecule has 0 amide bonds. The standard InChI is InChI=1S/C13H21NO2/c1-11(8-10-16-12(2)15)6-7-13-5-3-4-9-14-13/h8H,3-7,9-10H2,1-2H3. The predicted octanol–water partition coefficient (Wildman–Crippen LogP) is 2.90. The number of aliphatic imine (C=N–C) groups is 1. The molecule has 0 atom stereocenters. The summed E-state index contributed by atoms with van der Waals surface area (Å²) in [6.45, 7) is 4.91. The van der Waals surface area contributed by atoms with Crippen molar-refractivity contribution in [3.63, 3.8) is 0 Å². The maximum Gasteiger partial charge on any atom is 0.302 e. The molecule has 1 aliphatic heterocycles. The van der Waals surface area contributed by atoms with Gasteiger partial charge in [0.25, 0.3) is 0 Å². The second-order valence-electron chi connectivity index (χ2n) is 4.26. The van der Waals surface area contributed by atoms with Gasteiger partial charge in [0.1, 0.15) is 6.61 Å². The zero-order chi connectivity index (χ0) is 11.8. The van der Waals surface area contributed by atoms with Crippen LogP contribution in [0.1, 0.15) is 46.0 Å². The monoisotopic (exact) mass is 223 g/mol. The molecule has 1 aliphatic rings. The van der Waals surface area contributed by atoms with E-state index in [4.69, 9.17) is 4.74 Å². The van der Waals surface area contributed by atoms with E-state index in [1.165, 1.54) is 31.1 Å². The van der Waals surface area contributed by atoms with Gasteiger partial charge in [0.15, 0.2) is 0 Å². The van der Waals surface area contributed by atoms with E-state index in [-0.39, 0.29) is 5.97 Å². The Kier molecular flexibility index (Phi) is 5.83. The van der Waals surface area contributed by atoms with E-state index in [9.17, 15) is 4.79 Å². The normalized spacial score (nSPS) is 16.9. The van der Waals surface area contributed by atoms with Gasteiger partial charge in [-0.3, -0.25) is 9.79 Å². The van der Waals surface area contributed by atoms with Crippen molar-refractivity contribution < 1.29 is 9.53 Å². The van der Waals surface area contributed by atoms with Gasteiger partial charge in [0, 0.05) is 19.2 Å². The molecule has 3 nitrogen and oxygen atoms in total. The first-order valence-electron chi connectivity index (χ1n) is 5.99. The number of hydrogen-bond donors (Lipinski definition) is 0. The van der Waals surface area contributed by atoms with Crippen LogP contribution in [-0.4, -0.2) is 24.8 Å². The molecule has 0 aromatic heterocycles. The van der Waals surface area contributed by atoms with Crippen LogP contribution in [0.15, 0.2) is 16.6 Å². The van der Waals surface area contributed by atoms with Crippen LogP contribution in [0.4, 0.5) is 0 Å². The molecule has 0 saturated carbocycles. The number of carbonyl (C=O) groups excluding carboxylic acids is 1. The topological polar surface area (TPSA) is 38.7 Å². The summed E-state index contributed by atoms with van der Waals surface area (Å²) in [5.74, 6) is -0.222. The lowest BCUT2D eigenvalue weighted by atomic mass is 10.0. The van der Waals surface area contributed by atoms with Crippen LogP contribution in [-0.2, 0) is 9.53 Å². The molecule has 16 heavy (non-hydrogen) atoms. The third-order valence-corrected chi connectivity index (χ3v) is 2.74. The van der Waals surface area contributed by atoms with Crippen LogP contribution in [0.5, 0.6) is 0 Å². The maximum absolute atomic E-state index is 10.6. The zero-order valence-electron chi connectivity index (χ0n) is 10.3. The number of nitrogens with zero attached hydrogens (tertiary/aromatic N) is 1. The van der Waals surface area contributed by atoms with Gasteiger partial charge < -0.3 is 4.74 Å². The highest BCUT2D eigenvalue weighted by Gasteiger charge is 2.04. The van der Waals surface area contributed by atoms with Gasteiger partial charge in [0.2, 0.25) is 0 Å². The molecule has 0 aromatic rings. The summed E-state index contributed by atoms with van der Waals surface area (Å²) < 4.78 is 4.86. The van der Waals surface area contributed by atoms with Crippen molar-refractivity contribution in [2.75, 3.05) is 13.2 Å². The predicted molar refractivity (Wildman–Crippen MR) is 65.8 cm³/mol. The Morgan fingerprint density at radius 2 is 2.25 bits per heavy atom. The minimum absolute atomic E-state index is 0.222. The zero-order valence-corrected chi connectivity index (χ0v) is 10.3. The summed E-state index contributed by atoms with van der Waals surface area (Å²) in [6.07, 6.45) is 7.75. The average Bonchev–Trinajstić information content (AvgIpc) is 2.27. The number of rotatable bonds is 5. The fraction of sp³-hybridized carbons (Fsp3) is 0.692. The van der Waals surface area contributed by atoms with E-state index in [2.05, 4.69) is 11.9 Å². The highest BCUT2D eigenvalue weighted by atomic mass is 16.5. The Morgan fingerprint density at radius 3 is 2.88 bits per heavy atom. The van der Waals surface area contributed by atoms with Crippen molar-refractivity contribution >= 4 is 11.7 Å². The fourth-order valence-electron chi connectivity index (χ4n) is 1.71. The van der Waals surface area contributed by atoms with Gasteiger partial charge in [-0.2, -0.15) is 0 Å². The summed E-state index contributed by atoms with van der Waals surface area (Å²) in [7, 11) is 0. The van der Waals surface area contributed by atoms with Crippen molar-refractivity contribution in [3.05, 3.63) is 11.6 Å². The smallest absolute Gasteiger partial charge is 0.302 e. The average molecular weight is 223 g/mol. The Morgan fingerprint density at radius 1 is 1.44 bits per heavy atom. The third kappa shape index (κ3) is 5.69. The molecule has 0 spiro atoms. The first-order valence-corrected chi connectivity index (χ1v) is 5.99. The van der Waals surface area contributed by atoms with Gasteiger partial charge in [-0.1, -0.05) is 5.57 Å². The second-order valence-corrected chi connectivity index (χ2v) is 4.26. The number of carbonyl (C=O) groups is 1. The lowest BCUT2D eigenvalue weighted by Crippen LogP contribution is -2.06. The van der Waals surface area contributed by atoms with Gasteiger partial charge in [0.05, 0.1) is 0 Å². The Balaban J connectivity index is 2.20. The summed E-state index contributed by atoms with van der Waals surface area (Å²) in [5, 5.41) is 0. The highest BCUT2D eigenvalue weighted by Crippen LogP contribution is 2.13. The second kappa shape index (κ2) is 7.20. The van der Waals surface area contributed by atoms with E-state index in [0.29, 0.717) is 6.61 Å². The molecule has 90 valence electrons. The van der Waals surface area contributed by atoms with Gasteiger partial charge in [-0.15, -0.1) is 0 Å². The molecular formula is C13H21NO2. The molecule has 0 aliphatic carbocycles. The van der Waals surface area contributed by atoms with Crippen molar-refractivity contribution in [1.29, 1.82) is 0 Å². The van der Waals surface area contributed by atoms with Crippen LogP contribution >= 0.6 is 0 Å². The molecule has 1 rings (SSSR count). The van der Waals surface area contributed by atoms with Gasteiger partial charge in [-0.05, 0) is 45.1 Å². The van der Waals surface area contributed by atoms with E-state index < -0.39 is 0 Å². The first kappa shape index (κ1) is 12.9. The first-order chi connectivity index (χ1) is 7.68. The van der Waals surface area contributed by atoms with Crippen LogP contribution in [0.3, 0.4) is 0 Å². The summed E-state index contributed by atoms with van der Waals surface area (Å²) in [5.41, 5.74) is 2.63. The van der Waals surface area contributed by atoms with Crippen LogP contribution < -0.4 is 0 Å². The summed E-state index contributed by atoms with van der Waals surface area (Å²) in [6, 6.07) is 0. The minimum atomic E-state index is -0.222. The van der Waals surface area contributed by atoms with Crippen molar-refractivity contribution in [2.45, 2.75) is 46.0 Å². The largest absolute Gasteiger partial charge is 0.462 e. The number of hydrogen-bond acceptors (Lipinski definition) is 3. The molecule has 0 bridgehead atoms. The van der Waals surface area contributed by atoms with Crippen LogP contribution in [0.2, 0.25) is 0 Å². The van der Waals surface area contributed by atoms with Crippen molar-refractivity contribution in [2.24, 2.45) is 4.99 Å². The minimum Gasteiger partial charge on any atom is -0.462 e. The van der Waals surface area contributed by atoms with Crippen LogP contribution in [0, 0.1) is 0 Å². The summed E-state index contributed by atoms with van der Waals surface area (Å²) >= 11 is 0. The van der Waals surface area contributed by atoms with Crippen LogP contribution in [0.25, 0.3) is 0 Å². The molecule has 3 heteroatoms. The number of allylic oxidation sites excluding steroid dienone is 1. The van der Waals surface area contributed by atoms with Gasteiger partial charge in [-0.25, -0.2) is 0 Å². The molecule has 0 unspecified atom stereocenters. The Bertz CT molecular complexity index is 292. The quantitative estimate of drug-likeness (QED) is 0.531. The maximum atomic E-state index is 10.6. The lowest BCUT2D eigenvalue weighted by molar-refractivity contribution is -0.139. The molecule has 0 N–H and O–H groups in total. The third-order valence-electron chi connectivity index (χ3n) is 2.74. The summed E-state index contributed by atoms with van der Waals surface area (Å²) in [4.78, 5) is 15.1. The molecule has 1 heterocycles. The molecule has 0 radical (unpaired) electrons. The molecular weight excluding hydrogens is 202 g/mol. The molecule has 0 saturated heterocycles. The van der Waals surface area contributed by atoms with Crippen molar-refractivity contribution in [3.8, 4) is 0 Å². The van der Waals surface area contributed by atoms with E-state index in [1.807, 2.05) is 6.08 Å².